The molecule has 1 heterocycles. The molecule has 0 spiro atoms. The summed E-state index contributed by atoms with van der Waals surface area (Å²) in [6, 6.07) is 21.5. The molecule has 0 aliphatic heterocycles. The number of nitrogens with one attached hydrogen (secondary N) is 1. The number of ether oxygens (including phenoxy) is 1. The van der Waals surface area contributed by atoms with Crippen molar-refractivity contribution in [1.29, 1.82) is 0 Å². The Bertz CT molecular complexity index is 912. The van der Waals surface area contributed by atoms with Gasteiger partial charge in [0.05, 0.1) is 7.11 Å². The molecule has 0 fully saturated rings. The maximum atomic E-state index is 12.9. The minimum atomic E-state index is -0.0766. The monoisotopic (exact) mass is 375 g/mol. The van der Waals surface area contributed by atoms with Crippen molar-refractivity contribution in [3.05, 3.63) is 89.7 Å². The molecule has 0 aliphatic carbocycles. The van der Waals surface area contributed by atoms with Crippen LogP contribution in [0.5, 0.6) is 5.75 Å². The van der Waals surface area contributed by atoms with Crippen LogP contribution >= 0.6 is 0 Å². The van der Waals surface area contributed by atoms with Gasteiger partial charge in [-0.15, -0.1) is 0 Å². The van der Waals surface area contributed by atoms with Crippen LogP contribution in [0.3, 0.4) is 0 Å². The van der Waals surface area contributed by atoms with Crippen LogP contribution in [0.25, 0.3) is 0 Å². The smallest absolute Gasteiger partial charge is 0.272 e. The summed E-state index contributed by atoms with van der Waals surface area (Å²) in [5, 5.41) is 3.35. The van der Waals surface area contributed by atoms with E-state index in [2.05, 4.69) is 10.3 Å². The first-order chi connectivity index (χ1) is 13.7. The Balaban J connectivity index is 1.70. The van der Waals surface area contributed by atoms with E-state index in [9.17, 15) is 4.79 Å². The second-order valence-corrected chi connectivity index (χ2v) is 6.40. The molecule has 2 aromatic carbocycles. The third-order valence-electron chi connectivity index (χ3n) is 4.54. The van der Waals surface area contributed by atoms with E-state index in [1.54, 1.807) is 24.3 Å². The number of aromatic nitrogens is 1. The predicted octanol–water partition coefficient (Wildman–Crippen LogP) is 4.36. The van der Waals surface area contributed by atoms with Gasteiger partial charge in [-0.05, 0) is 30.7 Å². The lowest BCUT2D eigenvalue weighted by Gasteiger charge is -2.21. The summed E-state index contributed by atoms with van der Waals surface area (Å²) < 4.78 is 5.39. The lowest BCUT2D eigenvalue weighted by atomic mass is 10.2. The van der Waals surface area contributed by atoms with Gasteiger partial charge in [0.2, 0.25) is 0 Å². The maximum absolute atomic E-state index is 12.9. The molecule has 1 aromatic heterocycles. The molecular formula is C23H25N3O2. The lowest BCUT2D eigenvalue weighted by molar-refractivity contribution is 0.0746. The zero-order valence-electron chi connectivity index (χ0n) is 16.3. The van der Waals surface area contributed by atoms with Gasteiger partial charge in [0.25, 0.3) is 5.91 Å². The van der Waals surface area contributed by atoms with Crippen LogP contribution in [0.2, 0.25) is 0 Å². The van der Waals surface area contributed by atoms with Gasteiger partial charge in [0, 0.05) is 37.1 Å². The average Bonchev–Trinajstić information content (AvgIpc) is 2.76. The van der Waals surface area contributed by atoms with Crippen molar-refractivity contribution in [2.24, 2.45) is 0 Å². The van der Waals surface area contributed by atoms with Gasteiger partial charge in [0.15, 0.2) is 0 Å². The van der Waals surface area contributed by atoms with Crippen molar-refractivity contribution in [2.45, 2.75) is 20.0 Å². The summed E-state index contributed by atoms with van der Waals surface area (Å²) in [5.74, 6) is 0.757. The van der Waals surface area contributed by atoms with Crippen molar-refractivity contribution >= 4 is 11.6 Å². The van der Waals surface area contributed by atoms with Gasteiger partial charge in [0.1, 0.15) is 11.4 Å². The highest BCUT2D eigenvalue weighted by Gasteiger charge is 2.16. The molecule has 0 bridgehead atoms. The fraction of sp³-hybridized carbons (Fsp3) is 0.217. The Labute approximate surface area is 166 Å². The van der Waals surface area contributed by atoms with Crippen molar-refractivity contribution in [1.82, 2.24) is 9.88 Å². The fourth-order valence-electron chi connectivity index (χ4n) is 3.00. The molecule has 28 heavy (non-hydrogen) atoms. The van der Waals surface area contributed by atoms with Gasteiger partial charge < -0.3 is 15.0 Å². The van der Waals surface area contributed by atoms with E-state index < -0.39 is 0 Å². The zero-order chi connectivity index (χ0) is 19.8. The molecule has 0 unspecified atom stereocenters. The van der Waals surface area contributed by atoms with E-state index in [4.69, 9.17) is 4.74 Å². The number of hydrogen-bond acceptors (Lipinski definition) is 4. The zero-order valence-corrected chi connectivity index (χ0v) is 16.3. The normalized spacial score (nSPS) is 10.4. The molecule has 0 radical (unpaired) electrons. The van der Waals surface area contributed by atoms with E-state index >= 15 is 0 Å². The molecule has 0 saturated heterocycles. The second-order valence-electron chi connectivity index (χ2n) is 6.40. The van der Waals surface area contributed by atoms with Gasteiger partial charge >= 0.3 is 0 Å². The largest absolute Gasteiger partial charge is 0.496 e. The molecule has 0 atom stereocenters. The molecule has 0 saturated carbocycles. The van der Waals surface area contributed by atoms with Crippen LogP contribution in [0.4, 0.5) is 5.69 Å². The Morgan fingerprint density at radius 2 is 1.82 bits per heavy atom. The van der Waals surface area contributed by atoms with Crippen molar-refractivity contribution in [2.75, 3.05) is 19.0 Å². The van der Waals surface area contributed by atoms with E-state index in [0.717, 1.165) is 22.6 Å². The lowest BCUT2D eigenvalue weighted by Crippen LogP contribution is -2.31. The van der Waals surface area contributed by atoms with Crippen molar-refractivity contribution in [3.8, 4) is 5.75 Å². The van der Waals surface area contributed by atoms with Crippen molar-refractivity contribution in [3.63, 3.8) is 0 Å². The predicted molar refractivity (Wildman–Crippen MR) is 111 cm³/mol. The van der Waals surface area contributed by atoms with Gasteiger partial charge in [-0.2, -0.15) is 0 Å². The maximum Gasteiger partial charge on any atom is 0.272 e. The molecule has 1 N–H and O–H groups in total. The number of anilines is 1. The second kappa shape index (κ2) is 9.55. The minimum absolute atomic E-state index is 0.0766. The van der Waals surface area contributed by atoms with Gasteiger partial charge in [-0.25, -0.2) is 0 Å². The van der Waals surface area contributed by atoms with Crippen LogP contribution in [0, 0.1) is 0 Å². The number of hydrogen-bond donors (Lipinski definition) is 1. The van der Waals surface area contributed by atoms with Crippen LogP contribution in [0.15, 0.2) is 72.9 Å². The third kappa shape index (κ3) is 4.88. The van der Waals surface area contributed by atoms with Crippen molar-refractivity contribution < 1.29 is 9.53 Å². The Kier molecular flexibility index (Phi) is 6.63. The van der Waals surface area contributed by atoms with E-state index in [1.807, 2.05) is 67.6 Å². The summed E-state index contributed by atoms with van der Waals surface area (Å²) >= 11 is 0. The number of carbonyl (C=O) groups is 1. The highest BCUT2D eigenvalue weighted by Crippen LogP contribution is 2.19. The Morgan fingerprint density at radius 1 is 1.07 bits per heavy atom. The standard InChI is InChI=1S/C23H25N3O2/c1-3-26(17-18-9-5-4-6-10-18)23(27)21-15-20(13-14-24-21)25-16-19-11-7-8-12-22(19)28-2/h4-15H,3,16-17H2,1-2H3,(H,24,25). The summed E-state index contributed by atoms with van der Waals surface area (Å²) in [7, 11) is 1.66. The first kappa shape index (κ1) is 19.4. The number of pyridine rings is 1. The quantitative estimate of drug-likeness (QED) is 0.635. The van der Waals surface area contributed by atoms with E-state index in [0.29, 0.717) is 25.3 Å². The highest BCUT2D eigenvalue weighted by molar-refractivity contribution is 5.93. The number of para-hydroxylation sites is 1. The summed E-state index contributed by atoms with van der Waals surface area (Å²) in [6.45, 7) is 3.76. The van der Waals surface area contributed by atoms with Gasteiger partial charge in [-0.3, -0.25) is 9.78 Å². The fourth-order valence-corrected chi connectivity index (χ4v) is 3.00. The molecule has 0 aliphatic rings. The number of amides is 1. The molecule has 5 heteroatoms. The third-order valence-corrected chi connectivity index (χ3v) is 4.54. The van der Waals surface area contributed by atoms with Crippen LogP contribution in [-0.4, -0.2) is 29.4 Å². The minimum Gasteiger partial charge on any atom is -0.496 e. The molecule has 144 valence electrons. The Hall–Kier alpha value is -3.34. The van der Waals surface area contributed by atoms with E-state index in [-0.39, 0.29) is 5.91 Å². The summed E-state index contributed by atoms with van der Waals surface area (Å²) in [4.78, 5) is 19.0. The number of benzene rings is 2. The SMILES string of the molecule is CCN(Cc1ccccc1)C(=O)c1cc(NCc2ccccc2OC)ccn1. The Morgan fingerprint density at radius 3 is 2.57 bits per heavy atom. The first-order valence-electron chi connectivity index (χ1n) is 9.36. The molecule has 3 aromatic rings. The first-order valence-corrected chi connectivity index (χ1v) is 9.36. The van der Waals surface area contributed by atoms with Crippen LogP contribution < -0.4 is 10.1 Å². The number of nitrogens with zero attached hydrogens (tertiary/aromatic N) is 2. The van der Waals surface area contributed by atoms with E-state index in [1.165, 1.54) is 0 Å². The van der Waals surface area contributed by atoms with Gasteiger partial charge in [-0.1, -0.05) is 48.5 Å². The summed E-state index contributed by atoms with van der Waals surface area (Å²) in [5.41, 5.74) is 3.43. The highest BCUT2D eigenvalue weighted by atomic mass is 16.5. The molecule has 1 amide bonds. The van der Waals surface area contributed by atoms with Crippen LogP contribution in [0.1, 0.15) is 28.5 Å². The molecule has 3 rings (SSSR count). The average molecular weight is 375 g/mol. The molecular weight excluding hydrogens is 350 g/mol. The summed E-state index contributed by atoms with van der Waals surface area (Å²) in [6.07, 6.45) is 1.66. The molecule has 5 nitrogen and oxygen atoms in total. The number of rotatable bonds is 8. The topological polar surface area (TPSA) is 54.5 Å². The van der Waals surface area contributed by atoms with Crippen LogP contribution in [-0.2, 0) is 13.1 Å². The number of carbonyl (C=O) groups excluding carboxylic acids is 1. The number of methoxy groups -OCH3 is 1.